The van der Waals surface area contributed by atoms with E-state index in [1.54, 1.807) is 20.8 Å². The number of alkyl carbamates (subject to hydrolysis) is 1. The summed E-state index contributed by atoms with van der Waals surface area (Å²) in [5.74, 6) is -1.15. The Labute approximate surface area is 253 Å². The maximum atomic E-state index is 13.7. The lowest BCUT2D eigenvalue weighted by Gasteiger charge is -2.30. The highest BCUT2D eigenvalue weighted by Crippen LogP contribution is 2.47. The number of hydrogen-bond donors (Lipinski definition) is 5. The molecule has 0 saturated heterocycles. The highest BCUT2D eigenvalue weighted by Gasteiger charge is 2.34. The largest absolute Gasteiger partial charge is 0.444 e. The molecule has 0 bridgehead atoms. The van der Waals surface area contributed by atoms with Crippen LogP contribution >= 0.6 is 7.60 Å². The van der Waals surface area contributed by atoms with E-state index in [2.05, 4.69) is 25.9 Å². The predicted molar refractivity (Wildman–Crippen MR) is 161 cm³/mol. The average molecular weight is 624 g/mol. The molecule has 0 fully saturated rings. The molecule has 240 valence electrons. The van der Waals surface area contributed by atoms with Gasteiger partial charge in [-0.15, -0.1) is 0 Å². The molecule has 4 atom stereocenters. The normalized spacial score (nSPS) is 14.8. The second-order valence-corrected chi connectivity index (χ2v) is 14.0. The van der Waals surface area contributed by atoms with Crippen LogP contribution in [0.4, 0.5) is 4.79 Å². The Morgan fingerprint density at radius 2 is 1.58 bits per heavy atom. The van der Waals surface area contributed by atoms with Crippen LogP contribution in [0.3, 0.4) is 0 Å². The summed E-state index contributed by atoms with van der Waals surface area (Å²) in [6.45, 7) is 8.97. The Bertz CT molecular complexity index is 1200. The molecule has 1 aromatic carbocycles. The van der Waals surface area contributed by atoms with Crippen LogP contribution in [0.1, 0.15) is 52.3 Å². The van der Waals surface area contributed by atoms with Gasteiger partial charge in [-0.1, -0.05) is 44.2 Å². The second-order valence-electron chi connectivity index (χ2n) is 11.7. The fourth-order valence-electron chi connectivity index (χ4n) is 4.29. The van der Waals surface area contributed by atoms with Gasteiger partial charge in [0.1, 0.15) is 17.7 Å². The summed E-state index contributed by atoms with van der Waals surface area (Å²) in [6, 6.07) is 6.10. The zero-order chi connectivity index (χ0) is 32.2. The van der Waals surface area contributed by atoms with Gasteiger partial charge < -0.3 is 39.8 Å². The third-order valence-electron chi connectivity index (χ3n) is 6.39. The number of aromatic amines is 1. The summed E-state index contributed by atoms with van der Waals surface area (Å²) in [5, 5.41) is 19.2. The van der Waals surface area contributed by atoms with Crippen molar-refractivity contribution in [2.75, 3.05) is 20.4 Å². The second kappa shape index (κ2) is 16.6. The van der Waals surface area contributed by atoms with Crippen LogP contribution in [-0.4, -0.2) is 83.2 Å². The first-order chi connectivity index (χ1) is 20.1. The highest BCUT2D eigenvalue weighted by molar-refractivity contribution is 7.53. The number of ether oxygens (including phenoxy) is 1. The molecule has 43 heavy (non-hydrogen) atoms. The average Bonchev–Trinajstić information content (AvgIpc) is 3.44. The van der Waals surface area contributed by atoms with Gasteiger partial charge in [-0.2, -0.15) is 0 Å². The Hall–Kier alpha value is -3.25. The molecule has 0 saturated carbocycles. The molecule has 0 aliphatic heterocycles. The number of carbonyl (C=O) groups excluding carboxylic acids is 3. The van der Waals surface area contributed by atoms with Crippen molar-refractivity contribution >= 4 is 25.5 Å². The topological polar surface area (TPSA) is 181 Å². The van der Waals surface area contributed by atoms with Crippen LogP contribution in [0.15, 0.2) is 42.9 Å². The molecule has 3 amide bonds. The van der Waals surface area contributed by atoms with Crippen LogP contribution in [0, 0.1) is 5.92 Å². The number of H-pyrrole nitrogens is 1. The minimum atomic E-state index is -3.58. The summed E-state index contributed by atoms with van der Waals surface area (Å²) in [6.07, 6.45) is 1.13. The van der Waals surface area contributed by atoms with Crippen LogP contribution in [-0.2, 0) is 40.8 Å². The van der Waals surface area contributed by atoms with Crippen molar-refractivity contribution in [3.8, 4) is 0 Å². The van der Waals surface area contributed by atoms with Gasteiger partial charge in [0.2, 0.25) is 11.8 Å². The molecule has 1 aromatic heterocycles. The van der Waals surface area contributed by atoms with Crippen molar-refractivity contribution < 1.29 is 37.8 Å². The fourth-order valence-corrected chi connectivity index (χ4v) is 5.45. The molecule has 14 heteroatoms. The smallest absolute Gasteiger partial charge is 0.408 e. The van der Waals surface area contributed by atoms with E-state index >= 15 is 0 Å². The molecule has 0 aliphatic rings. The van der Waals surface area contributed by atoms with Crippen molar-refractivity contribution in [2.45, 2.75) is 83.7 Å². The minimum Gasteiger partial charge on any atom is -0.444 e. The molecule has 2 aromatic rings. The van der Waals surface area contributed by atoms with Crippen LogP contribution in [0.25, 0.3) is 0 Å². The molecule has 0 radical (unpaired) electrons. The molecular formula is C29H46N5O8P. The van der Waals surface area contributed by atoms with Gasteiger partial charge in [-0.05, 0) is 38.7 Å². The van der Waals surface area contributed by atoms with E-state index in [0.717, 1.165) is 5.56 Å². The number of benzene rings is 1. The van der Waals surface area contributed by atoms with Gasteiger partial charge in [-0.3, -0.25) is 14.2 Å². The van der Waals surface area contributed by atoms with E-state index in [9.17, 15) is 24.1 Å². The molecule has 0 aliphatic carbocycles. The summed E-state index contributed by atoms with van der Waals surface area (Å²) in [7, 11) is -1.14. The monoisotopic (exact) mass is 623 g/mol. The van der Waals surface area contributed by atoms with Gasteiger partial charge in [-0.25, -0.2) is 9.78 Å². The Morgan fingerprint density at radius 1 is 0.977 bits per heavy atom. The summed E-state index contributed by atoms with van der Waals surface area (Å²) >= 11 is 0. The number of aromatic nitrogens is 2. The zero-order valence-electron chi connectivity index (χ0n) is 26.0. The molecule has 1 heterocycles. The number of aliphatic hydroxyl groups excluding tert-OH is 1. The number of nitrogens with zero attached hydrogens (tertiary/aromatic N) is 1. The van der Waals surface area contributed by atoms with Crippen molar-refractivity contribution in [1.82, 2.24) is 25.9 Å². The third-order valence-corrected chi connectivity index (χ3v) is 8.32. The van der Waals surface area contributed by atoms with Gasteiger partial charge in [0.05, 0.1) is 24.6 Å². The molecule has 2 rings (SSSR count). The number of imidazole rings is 1. The maximum absolute atomic E-state index is 13.7. The minimum absolute atomic E-state index is 0.0429. The van der Waals surface area contributed by atoms with Crippen molar-refractivity contribution in [3.63, 3.8) is 0 Å². The standard InChI is InChI=1S/C29H46N5O8P/c1-19(2)13-22(25(35)17-43(39,40-6)41-7)32-27(37)24(15-21-16-30-18-31-21)33-26(36)23(14-20-11-9-8-10-12-20)34-28(38)42-29(3,4)5/h8-12,16,18-19,22-25,35H,13-15,17H2,1-7H3,(H,30,31)(H,32,37)(H,33,36)(H,34,38)/t22-,23-,24-,25-/m0/s1. The summed E-state index contributed by atoms with van der Waals surface area (Å²) in [5.41, 5.74) is 0.571. The maximum Gasteiger partial charge on any atom is 0.408 e. The Morgan fingerprint density at radius 3 is 2.12 bits per heavy atom. The predicted octanol–water partition coefficient (Wildman–Crippen LogP) is 2.95. The van der Waals surface area contributed by atoms with E-state index in [4.69, 9.17) is 13.8 Å². The first-order valence-corrected chi connectivity index (χ1v) is 15.9. The van der Waals surface area contributed by atoms with Gasteiger partial charge in [0, 0.05) is 39.0 Å². The summed E-state index contributed by atoms with van der Waals surface area (Å²) in [4.78, 5) is 46.9. The first-order valence-electron chi connectivity index (χ1n) is 14.1. The Kier molecular flexibility index (Phi) is 13.8. The first kappa shape index (κ1) is 35.9. The quantitative estimate of drug-likeness (QED) is 0.176. The number of aliphatic hydroxyl groups is 1. The van der Waals surface area contributed by atoms with Crippen molar-refractivity contribution in [3.05, 3.63) is 54.1 Å². The number of hydrogen-bond acceptors (Lipinski definition) is 9. The zero-order valence-corrected chi connectivity index (χ0v) is 26.9. The SMILES string of the molecule is COP(=O)(C[C@H](O)[C@H](CC(C)C)NC(=O)[C@H](Cc1cnc[nH]1)NC(=O)[C@H](Cc1ccccc1)NC(=O)OC(C)(C)C)OC. The lowest BCUT2D eigenvalue weighted by atomic mass is 9.99. The number of carbonyl (C=O) groups is 3. The van der Waals surface area contributed by atoms with E-state index in [1.165, 1.54) is 26.7 Å². The third kappa shape index (κ3) is 12.9. The molecule has 5 N–H and O–H groups in total. The van der Waals surface area contributed by atoms with Crippen LogP contribution in [0.5, 0.6) is 0 Å². The lowest BCUT2D eigenvalue weighted by Crippen LogP contribution is -2.58. The van der Waals surface area contributed by atoms with Crippen molar-refractivity contribution in [1.29, 1.82) is 0 Å². The fraction of sp³-hybridized carbons (Fsp3) is 0.586. The lowest BCUT2D eigenvalue weighted by molar-refractivity contribution is -0.130. The number of nitrogens with one attached hydrogen (secondary N) is 4. The van der Waals surface area contributed by atoms with E-state index < -0.39 is 55.3 Å². The van der Waals surface area contributed by atoms with Crippen LogP contribution in [0.2, 0.25) is 0 Å². The molecule has 0 unspecified atom stereocenters. The molecule has 0 spiro atoms. The molecule has 13 nitrogen and oxygen atoms in total. The van der Waals surface area contributed by atoms with Crippen molar-refractivity contribution in [2.24, 2.45) is 5.92 Å². The van der Waals surface area contributed by atoms with Gasteiger partial charge in [0.25, 0.3) is 0 Å². The highest BCUT2D eigenvalue weighted by atomic mass is 31.2. The van der Waals surface area contributed by atoms with E-state index in [0.29, 0.717) is 12.1 Å². The van der Waals surface area contributed by atoms with Gasteiger partial charge in [0.15, 0.2) is 0 Å². The Balaban J connectivity index is 2.32. The summed E-state index contributed by atoms with van der Waals surface area (Å²) < 4.78 is 28.0. The van der Waals surface area contributed by atoms with E-state index in [1.807, 2.05) is 44.2 Å². The van der Waals surface area contributed by atoms with E-state index in [-0.39, 0.29) is 24.9 Å². The van der Waals surface area contributed by atoms with Gasteiger partial charge >= 0.3 is 13.7 Å². The number of rotatable bonds is 16. The molecular weight excluding hydrogens is 577 g/mol. The van der Waals surface area contributed by atoms with Crippen LogP contribution < -0.4 is 16.0 Å². The number of amides is 3.